The number of anilines is 1. The number of aromatic nitrogens is 2. The molecule has 1 amide bonds. The summed E-state index contributed by atoms with van der Waals surface area (Å²) in [6, 6.07) is 26.4. The van der Waals surface area contributed by atoms with Crippen molar-refractivity contribution in [3.8, 4) is 5.75 Å². The maximum absolute atomic E-state index is 12.8. The Kier molecular flexibility index (Phi) is 5.98. The summed E-state index contributed by atoms with van der Waals surface area (Å²) in [4.78, 5) is 21.2. The number of benzene rings is 2. The van der Waals surface area contributed by atoms with Gasteiger partial charge in [0, 0.05) is 23.4 Å². The second kappa shape index (κ2) is 9.57. The number of carbonyl (C=O) groups excluding carboxylic acids is 1. The van der Waals surface area contributed by atoms with Crippen molar-refractivity contribution in [2.75, 3.05) is 5.32 Å². The predicted molar refractivity (Wildman–Crippen MR) is 140 cm³/mol. The molecule has 1 N–H and O–H groups in total. The molecule has 180 valence electrons. The van der Waals surface area contributed by atoms with Crippen molar-refractivity contribution in [2.45, 2.75) is 37.7 Å². The Morgan fingerprint density at radius 3 is 2.36 bits per heavy atom. The number of amides is 1. The molecule has 2 aliphatic rings. The van der Waals surface area contributed by atoms with E-state index >= 15 is 0 Å². The van der Waals surface area contributed by atoms with Crippen LogP contribution < -0.4 is 10.1 Å². The van der Waals surface area contributed by atoms with Crippen molar-refractivity contribution in [1.82, 2.24) is 9.97 Å². The lowest BCUT2D eigenvalue weighted by atomic mass is 9.64. The minimum Gasteiger partial charge on any atom is -0.487 e. The SMILES string of the molecule is O=C(Nc1cccnc1)c1ccc([C@]2(c3ccc(OCc4ccccn4)cc3)C[C@@H]3CC[C@H]2C3)cc1. The van der Waals surface area contributed by atoms with Crippen molar-refractivity contribution in [3.05, 3.63) is 120 Å². The Hall–Kier alpha value is -3.99. The highest BCUT2D eigenvalue weighted by Gasteiger charge is 2.52. The van der Waals surface area contributed by atoms with Gasteiger partial charge in [-0.3, -0.25) is 14.8 Å². The highest BCUT2D eigenvalue weighted by Crippen LogP contribution is 2.60. The van der Waals surface area contributed by atoms with E-state index in [-0.39, 0.29) is 11.3 Å². The molecule has 2 aromatic heterocycles. The molecular formula is C31H29N3O2. The van der Waals surface area contributed by atoms with Gasteiger partial charge in [-0.25, -0.2) is 0 Å². The van der Waals surface area contributed by atoms with E-state index in [2.05, 4.69) is 51.7 Å². The Balaban J connectivity index is 1.24. The summed E-state index contributed by atoms with van der Waals surface area (Å²) < 4.78 is 5.99. The third-order valence-electron chi connectivity index (χ3n) is 7.91. The third-order valence-corrected chi connectivity index (χ3v) is 7.91. The van der Waals surface area contributed by atoms with Gasteiger partial charge in [-0.1, -0.05) is 36.8 Å². The molecule has 0 unspecified atom stereocenters. The van der Waals surface area contributed by atoms with Gasteiger partial charge in [0.1, 0.15) is 12.4 Å². The minimum absolute atomic E-state index is 0.0131. The normalized spacial score (nSPS) is 22.3. The predicted octanol–water partition coefficient (Wildman–Crippen LogP) is 6.41. The Labute approximate surface area is 211 Å². The molecule has 2 saturated carbocycles. The fourth-order valence-corrected chi connectivity index (χ4v) is 6.25. The molecule has 2 heterocycles. The Morgan fingerprint density at radius 2 is 1.72 bits per heavy atom. The minimum atomic E-state index is -0.119. The van der Waals surface area contributed by atoms with Gasteiger partial charge in [0.15, 0.2) is 0 Å². The van der Waals surface area contributed by atoms with Crippen molar-refractivity contribution in [2.24, 2.45) is 11.8 Å². The topological polar surface area (TPSA) is 64.1 Å². The first-order valence-electron chi connectivity index (χ1n) is 12.7. The van der Waals surface area contributed by atoms with Crippen molar-refractivity contribution < 1.29 is 9.53 Å². The summed E-state index contributed by atoms with van der Waals surface area (Å²) in [5.41, 5.74) is 4.89. The van der Waals surface area contributed by atoms with Crippen molar-refractivity contribution in [1.29, 1.82) is 0 Å². The van der Waals surface area contributed by atoms with Crippen LogP contribution >= 0.6 is 0 Å². The fourth-order valence-electron chi connectivity index (χ4n) is 6.25. The van der Waals surface area contributed by atoms with E-state index in [1.807, 2.05) is 42.5 Å². The van der Waals surface area contributed by atoms with Crippen LogP contribution in [0.5, 0.6) is 5.75 Å². The van der Waals surface area contributed by atoms with Gasteiger partial charge in [-0.15, -0.1) is 0 Å². The molecule has 5 heteroatoms. The highest BCUT2D eigenvalue weighted by atomic mass is 16.5. The molecule has 0 spiro atoms. The molecule has 2 aliphatic carbocycles. The summed E-state index contributed by atoms with van der Waals surface area (Å²) in [7, 11) is 0. The van der Waals surface area contributed by atoms with Crippen LogP contribution in [0.3, 0.4) is 0 Å². The molecule has 2 fully saturated rings. The Morgan fingerprint density at radius 1 is 0.917 bits per heavy atom. The average molecular weight is 476 g/mol. The monoisotopic (exact) mass is 475 g/mol. The first kappa shape index (κ1) is 22.5. The smallest absolute Gasteiger partial charge is 0.255 e. The number of ether oxygens (including phenoxy) is 1. The molecule has 2 aromatic carbocycles. The van der Waals surface area contributed by atoms with E-state index in [1.54, 1.807) is 18.6 Å². The second-order valence-corrected chi connectivity index (χ2v) is 9.96. The lowest BCUT2D eigenvalue weighted by Crippen LogP contribution is -2.34. The number of rotatable bonds is 7. The number of hydrogen-bond acceptors (Lipinski definition) is 4. The van der Waals surface area contributed by atoms with Crippen LogP contribution in [-0.4, -0.2) is 15.9 Å². The maximum atomic E-state index is 12.8. The van der Waals surface area contributed by atoms with Crippen LogP contribution in [0.15, 0.2) is 97.5 Å². The van der Waals surface area contributed by atoms with Gasteiger partial charge in [-0.2, -0.15) is 0 Å². The lowest BCUT2D eigenvalue weighted by molar-refractivity contribution is 0.102. The lowest BCUT2D eigenvalue weighted by Gasteiger charge is -2.39. The summed E-state index contributed by atoms with van der Waals surface area (Å²) in [6.45, 7) is 0.457. The maximum Gasteiger partial charge on any atom is 0.255 e. The van der Waals surface area contributed by atoms with Gasteiger partial charge in [-0.05, 0) is 90.8 Å². The van der Waals surface area contributed by atoms with Crippen LogP contribution in [0.1, 0.15) is 52.9 Å². The number of nitrogens with one attached hydrogen (secondary N) is 1. The first-order chi connectivity index (χ1) is 17.7. The number of nitrogens with zero attached hydrogens (tertiary/aromatic N) is 2. The van der Waals surface area contributed by atoms with Crippen LogP contribution in [0, 0.1) is 11.8 Å². The molecule has 6 rings (SSSR count). The van der Waals surface area contributed by atoms with E-state index in [0.717, 1.165) is 23.8 Å². The van der Waals surface area contributed by atoms with Gasteiger partial charge < -0.3 is 10.1 Å². The number of hydrogen-bond donors (Lipinski definition) is 1. The fraction of sp³-hybridized carbons (Fsp3) is 0.258. The number of fused-ring (bicyclic) bond motifs is 2. The molecule has 2 bridgehead atoms. The van der Waals surface area contributed by atoms with Crippen molar-refractivity contribution >= 4 is 11.6 Å². The highest BCUT2D eigenvalue weighted by molar-refractivity contribution is 6.04. The quantitative estimate of drug-likeness (QED) is 0.335. The molecule has 0 saturated heterocycles. The zero-order chi connectivity index (χ0) is 24.4. The molecular weight excluding hydrogens is 446 g/mol. The molecule has 4 aromatic rings. The van der Waals surface area contributed by atoms with Crippen molar-refractivity contribution in [3.63, 3.8) is 0 Å². The van der Waals surface area contributed by atoms with Crippen LogP contribution in [0.2, 0.25) is 0 Å². The largest absolute Gasteiger partial charge is 0.487 e. The van der Waals surface area contributed by atoms with Gasteiger partial charge >= 0.3 is 0 Å². The second-order valence-electron chi connectivity index (χ2n) is 9.96. The van der Waals surface area contributed by atoms with Gasteiger partial charge in [0.25, 0.3) is 5.91 Å². The van der Waals surface area contributed by atoms with Crippen LogP contribution in [0.4, 0.5) is 5.69 Å². The first-order valence-corrected chi connectivity index (χ1v) is 12.7. The Bertz CT molecular complexity index is 1320. The average Bonchev–Trinajstić information content (AvgIpc) is 3.56. The zero-order valence-electron chi connectivity index (χ0n) is 20.1. The van der Waals surface area contributed by atoms with Crippen LogP contribution in [0.25, 0.3) is 0 Å². The third kappa shape index (κ3) is 4.26. The molecule has 0 aliphatic heterocycles. The summed E-state index contributed by atoms with van der Waals surface area (Å²) in [5.74, 6) is 2.12. The number of pyridine rings is 2. The van der Waals surface area contributed by atoms with Gasteiger partial charge in [0.05, 0.1) is 17.6 Å². The molecule has 36 heavy (non-hydrogen) atoms. The van der Waals surface area contributed by atoms with Crippen LogP contribution in [-0.2, 0) is 12.0 Å². The van der Waals surface area contributed by atoms with Gasteiger partial charge in [0.2, 0.25) is 0 Å². The van der Waals surface area contributed by atoms with E-state index in [4.69, 9.17) is 4.74 Å². The zero-order valence-corrected chi connectivity index (χ0v) is 20.1. The molecule has 5 nitrogen and oxygen atoms in total. The van der Waals surface area contributed by atoms with E-state index in [1.165, 1.54) is 30.4 Å². The molecule has 0 radical (unpaired) electrons. The van der Waals surface area contributed by atoms with E-state index in [0.29, 0.717) is 23.8 Å². The molecule has 3 atom stereocenters. The van der Waals surface area contributed by atoms with E-state index in [9.17, 15) is 4.79 Å². The number of carbonyl (C=O) groups is 1. The summed E-state index contributed by atoms with van der Waals surface area (Å²) >= 11 is 0. The standard InChI is InChI=1S/C31H29N3O2/c35-30(34-27-5-3-16-32-20-27)23-7-10-24(11-8-23)31(19-22-6-9-26(31)18-22)25-12-14-29(15-13-25)36-21-28-4-1-2-17-33-28/h1-5,7-8,10-17,20,22,26H,6,9,18-19,21H2,(H,34,35)/t22-,26+,31+/m1/s1. The summed E-state index contributed by atoms with van der Waals surface area (Å²) in [5, 5.41) is 2.93. The van der Waals surface area contributed by atoms with E-state index < -0.39 is 0 Å². The summed E-state index contributed by atoms with van der Waals surface area (Å²) in [6.07, 6.45) is 10.1.